The van der Waals surface area contributed by atoms with Gasteiger partial charge in [0.05, 0.1) is 0 Å². The maximum absolute atomic E-state index is 12.1. The van der Waals surface area contributed by atoms with E-state index in [2.05, 4.69) is 30.5 Å². The lowest BCUT2D eigenvalue weighted by atomic mass is 10.1. The number of urea groups is 1. The first-order chi connectivity index (χ1) is 11.8. The molecular weight excluding hydrogens is 304 g/mol. The number of carbonyl (C=O) groups is 1. The highest BCUT2D eigenvalue weighted by Gasteiger charge is 2.22. The highest BCUT2D eigenvalue weighted by atomic mass is 16.2. The van der Waals surface area contributed by atoms with E-state index in [-0.39, 0.29) is 12.1 Å². The van der Waals surface area contributed by atoms with Gasteiger partial charge in [-0.1, -0.05) is 6.07 Å². The lowest BCUT2D eigenvalue weighted by Gasteiger charge is -2.33. The van der Waals surface area contributed by atoms with Crippen LogP contribution < -0.4 is 15.5 Å². The van der Waals surface area contributed by atoms with Crippen LogP contribution in [0.2, 0.25) is 0 Å². The average Bonchev–Trinajstić information content (AvgIpc) is 2.63. The average molecular weight is 326 g/mol. The first-order valence-corrected chi connectivity index (χ1v) is 8.26. The molecule has 1 fully saturated rings. The second kappa shape index (κ2) is 8.24. The molecule has 1 aliphatic rings. The minimum absolute atomic E-state index is 0.112. The molecule has 0 radical (unpaired) electrons. The molecular formula is C17H22N6O. The molecule has 0 bridgehead atoms. The van der Waals surface area contributed by atoms with E-state index in [4.69, 9.17) is 0 Å². The van der Waals surface area contributed by atoms with E-state index in [0.29, 0.717) is 6.54 Å². The van der Waals surface area contributed by atoms with Gasteiger partial charge in [0.25, 0.3) is 0 Å². The van der Waals surface area contributed by atoms with Gasteiger partial charge in [0, 0.05) is 50.5 Å². The number of hydrogen-bond acceptors (Lipinski definition) is 5. The van der Waals surface area contributed by atoms with Gasteiger partial charge < -0.3 is 15.5 Å². The summed E-state index contributed by atoms with van der Waals surface area (Å²) in [4.78, 5) is 26.8. The molecule has 2 amide bonds. The Morgan fingerprint density at radius 2 is 2.12 bits per heavy atom. The predicted molar refractivity (Wildman–Crippen MR) is 91.7 cm³/mol. The molecule has 0 aromatic carbocycles. The first kappa shape index (κ1) is 16.2. The van der Waals surface area contributed by atoms with Gasteiger partial charge in [-0.15, -0.1) is 0 Å². The second-order valence-corrected chi connectivity index (χ2v) is 5.85. The van der Waals surface area contributed by atoms with Crippen molar-refractivity contribution < 1.29 is 4.79 Å². The number of pyridine rings is 1. The Kier molecular flexibility index (Phi) is 5.55. The second-order valence-electron chi connectivity index (χ2n) is 5.85. The van der Waals surface area contributed by atoms with Crippen molar-refractivity contribution in [3.63, 3.8) is 0 Å². The van der Waals surface area contributed by atoms with Gasteiger partial charge >= 0.3 is 6.03 Å². The number of piperidine rings is 1. The Labute approximate surface area is 141 Å². The summed E-state index contributed by atoms with van der Waals surface area (Å²) < 4.78 is 0. The topological polar surface area (TPSA) is 83.0 Å². The molecule has 7 heteroatoms. The summed E-state index contributed by atoms with van der Waals surface area (Å²) in [5.41, 5.74) is 1.11. The highest BCUT2D eigenvalue weighted by Crippen LogP contribution is 2.15. The monoisotopic (exact) mass is 326 g/mol. The molecule has 1 saturated heterocycles. The highest BCUT2D eigenvalue weighted by molar-refractivity contribution is 5.74. The van der Waals surface area contributed by atoms with Crippen LogP contribution in [0.3, 0.4) is 0 Å². The van der Waals surface area contributed by atoms with Gasteiger partial charge in [-0.05, 0) is 37.0 Å². The molecule has 1 atom stereocenters. The zero-order valence-electron chi connectivity index (χ0n) is 13.6. The van der Waals surface area contributed by atoms with Gasteiger partial charge in [0.15, 0.2) is 0 Å². The van der Waals surface area contributed by atoms with Crippen molar-refractivity contribution in [2.45, 2.75) is 25.3 Å². The smallest absolute Gasteiger partial charge is 0.315 e. The number of hydrogen-bond donors (Lipinski definition) is 2. The third-order valence-electron chi connectivity index (χ3n) is 4.01. The predicted octanol–water partition coefficient (Wildman–Crippen LogP) is 1.38. The number of rotatable bonds is 5. The number of amides is 2. The van der Waals surface area contributed by atoms with Crippen molar-refractivity contribution in [2.75, 3.05) is 24.5 Å². The van der Waals surface area contributed by atoms with Gasteiger partial charge in [-0.3, -0.25) is 4.98 Å². The molecule has 0 aliphatic carbocycles. The number of nitrogens with zero attached hydrogens (tertiary/aromatic N) is 4. The molecule has 2 aromatic heterocycles. The van der Waals surface area contributed by atoms with Crippen molar-refractivity contribution >= 4 is 12.0 Å². The normalized spacial score (nSPS) is 17.3. The summed E-state index contributed by atoms with van der Waals surface area (Å²) in [6.45, 7) is 2.25. The molecule has 2 aromatic rings. The summed E-state index contributed by atoms with van der Waals surface area (Å²) in [5.74, 6) is 0.723. The van der Waals surface area contributed by atoms with Gasteiger partial charge in [-0.2, -0.15) is 0 Å². The fraction of sp³-hybridized carbons (Fsp3) is 0.412. The minimum Gasteiger partial charge on any atom is -0.339 e. The van der Waals surface area contributed by atoms with Crippen LogP contribution in [0, 0.1) is 0 Å². The molecule has 3 heterocycles. The summed E-state index contributed by atoms with van der Waals surface area (Å²) >= 11 is 0. The van der Waals surface area contributed by atoms with E-state index >= 15 is 0 Å². The molecule has 0 saturated carbocycles. The lowest BCUT2D eigenvalue weighted by Crippen LogP contribution is -2.51. The van der Waals surface area contributed by atoms with Gasteiger partial charge in [0.1, 0.15) is 0 Å². The third-order valence-corrected chi connectivity index (χ3v) is 4.01. The van der Waals surface area contributed by atoms with Crippen LogP contribution in [0.1, 0.15) is 18.4 Å². The lowest BCUT2D eigenvalue weighted by molar-refractivity contribution is 0.235. The van der Waals surface area contributed by atoms with Crippen LogP contribution in [0.25, 0.3) is 0 Å². The zero-order valence-corrected chi connectivity index (χ0v) is 13.6. The van der Waals surface area contributed by atoms with Crippen LogP contribution in [-0.2, 0) is 6.42 Å². The maximum Gasteiger partial charge on any atom is 0.315 e. The van der Waals surface area contributed by atoms with Crippen LogP contribution in [0.15, 0.2) is 43.0 Å². The van der Waals surface area contributed by atoms with Gasteiger partial charge in [-0.25, -0.2) is 14.8 Å². The molecule has 24 heavy (non-hydrogen) atoms. The summed E-state index contributed by atoms with van der Waals surface area (Å²) in [7, 11) is 0. The van der Waals surface area contributed by atoms with E-state index in [0.717, 1.165) is 43.9 Å². The van der Waals surface area contributed by atoms with E-state index < -0.39 is 0 Å². The Hall–Kier alpha value is -2.70. The van der Waals surface area contributed by atoms with Crippen LogP contribution in [0.4, 0.5) is 10.7 Å². The molecule has 1 unspecified atom stereocenters. The molecule has 2 N–H and O–H groups in total. The van der Waals surface area contributed by atoms with Crippen molar-refractivity contribution in [3.8, 4) is 0 Å². The van der Waals surface area contributed by atoms with Crippen molar-refractivity contribution in [2.24, 2.45) is 0 Å². The largest absolute Gasteiger partial charge is 0.339 e. The quantitative estimate of drug-likeness (QED) is 0.867. The van der Waals surface area contributed by atoms with Crippen molar-refractivity contribution in [1.29, 1.82) is 0 Å². The Bertz CT molecular complexity index is 636. The molecule has 126 valence electrons. The third kappa shape index (κ3) is 4.65. The molecule has 3 rings (SSSR count). The molecule has 0 spiro atoms. The van der Waals surface area contributed by atoms with E-state index in [1.807, 2.05) is 18.3 Å². The number of carbonyl (C=O) groups excluding carboxylic acids is 1. The zero-order chi connectivity index (χ0) is 16.6. The van der Waals surface area contributed by atoms with Crippen molar-refractivity contribution in [3.05, 3.63) is 48.5 Å². The minimum atomic E-state index is -0.125. The van der Waals surface area contributed by atoms with Gasteiger partial charge in [0.2, 0.25) is 5.95 Å². The van der Waals surface area contributed by atoms with Crippen LogP contribution in [-0.4, -0.2) is 46.7 Å². The molecule has 7 nitrogen and oxygen atoms in total. The molecule has 1 aliphatic heterocycles. The SMILES string of the molecule is O=C(NCCc1cccnc1)NC1CCCN(c2ncccn2)C1. The Morgan fingerprint density at radius 3 is 2.92 bits per heavy atom. The standard InChI is InChI=1S/C17H22N6O/c24-17(21-10-6-14-4-1-7-18-12-14)22-15-5-2-11-23(13-15)16-19-8-3-9-20-16/h1,3-4,7-9,12,15H,2,5-6,10-11,13H2,(H2,21,22,24). The van der Waals surface area contributed by atoms with E-state index in [1.54, 1.807) is 24.7 Å². The Morgan fingerprint density at radius 1 is 1.25 bits per heavy atom. The van der Waals surface area contributed by atoms with Crippen molar-refractivity contribution in [1.82, 2.24) is 25.6 Å². The summed E-state index contributed by atoms with van der Waals surface area (Å²) in [5, 5.41) is 5.95. The van der Waals surface area contributed by atoms with Crippen LogP contribution >= 0.6 is 0 Å². The van der Waals surface area contributed by atoms with E-state index in [1.165, 1.54) is 0 Å². The maximum atomic E-state index is 12.1. The van der Waals surface area contributed by atoms with E-state index in [9.17, 15) is 4.79 Å². The summed E-state index contributed by atoms with van der Waals surface area (Å²) in [6, 6.07) is 5.70. The fourth-order valence-electron chi connectivity index (χ4n) is 2.83. The first-order valence-electron chi connectivity index (χ1n) is 8.26. The number of anilines is 1. The number of aromatic nitrogens is 3. The fourth-order valence-corrected chi connectivity index (χ4v) is 2.83. The summed E-state index contributed by atoms with van der Waals surface area (Å²) in [6.07, 6.45) is 9.80. The number of nitrogens with one attached hydrogen (secondary N) is 2. The Balaban J connectivity index is 1.42. The van der Waals surface area contributed by atoms with Crippen LogP contribution in [0.5, 0.6) is 0 Å².